The zero-order valence-electron chi connectivity index (χ0n) is 18.4. The van der Waals surface area contributed by atoms with Crippen molar-refractivity contribution in [2.24, 2.45) is 0 Å². The number of hydrogen-bond donors (Lipinski definition) is 3. The average Bonchev–Trinajstić information content (AvgIpc) is 3.31. The number of nitrogens with zero attached hydrogens (tertiary/aromatic N) is 1. The van der Waals surface area contributed by atoms with E-state index in [-0.39, 0.29) is 11.9 Å². The number of ether oxygens (including phenoxy) is 1. The molecule has 1 saturated heterocycles. The number of benzene rings is 2. The molecular weight excluding hydrogens is 392 g/mol. The number of carbonyl (C=O) groups is 2. The van der Waals surface area contributed by atoms with Crippen molar-refractivity contribution in [3.05, 3.63) is 53.6 Å². The Morgan fingerprint density at radius 1 is 1.03 bits per heavy atom. The van der Waals surface area contributed by atoms with Crippen molar-refractivity contribution >= 4 is 23.3 Å². The number of rotatable bonds is 9. The van der Waals surface area contributed by atoms with E-state index in [9.17, 15) is 9.59 Å². The summed E-state index contributed by atoms with van der Waals surface area (Å²) in [6.07, 6.45) is 3.12. The molecule has 0 saturated carbocycles. The van der Waals surface area contributed by atoms with Gasteiger partial charge in [0.25, 0.3) is 5.91 Å². The van der Waals surface area contributed by atoms with Crippen LogP contribution in [0.3, 0.4) is 0 Å². The molecule has 0 bridgehead atoms. The number of hydrogen-bond acceptors (Lipinski definition) is 4. The summed E-state index contributed by atoms with van der Waals surface area (Å²) in [6, 6.07) is 12.9. The number of urea groups is 1. The molecule has 3 rings (SSSR count). The number of amides is 3. The van der Waals surface area contributed by atoms with Gasteiger partial charge in [-0.1, -0.05) is 19.1 Å². The molecule has 1 aliphatic heterocycles. The predicted molar refractivity (Wildman–Crippen MR) is 124 cm³/mol. The van der Waals surface area contributed by atoms with Gasteiger partial charge in [-0.2, -0.15) is 0 Å². The molecule has 3 N–H and O–H groups in total. The second-order valence-corrected chi connectivity index (χ2v) is 7.57. The van der Waals surface area contributed by atoms with E-state index < -0.39 is 0 Å². The Labute approximate surface area is 184 Å². The van der Waals surface area contributed by atoms with Gasteiger partial charge in [-0.15, -0.1) is 0 Å². The molecule has 0 unspecified atom stereocenters. The first kappa shape index (κ1) is 22.5. The van der Waals surface area contributed by atoms with Gasteiger partial charge in [0.15, 0.2) is 0 Å². The van der Waals surface area contributed by atoms with Gasteiger partial charge in [0.05, 0.1) is 18.0 Å². The van der Waals surface area contributed by atoms with E-state index >= 15 is 0 Å². The molecule has 0 aromatic heterocycles. The van der Waals surface area contributed by atoms with E-state index in [1.165, 1.54) is 0 Å². The first-order chi connectivity index (χ1) is 15.1. The fourth-order valence-corrected chi connectivity index (χ4v) is 3.61. The van der Waals surface area contributed by atoms with E-state index in [4.69, 9.17) is 4.74 Å². The molecule has 7 heteroatoms. The molecule has 166 valence electrons. The Balaban J connectivity index is 1.72. The summed E-state index contributed by atoms with van der Waals surface area (Å²) in [5.41, 5.74) is 3.08. The lowest BCUT2D eigenvalue weighted by molar-refractivity contribution is 0.0951. The monoisotopic (exact) mass is 424 g/mol. The molecule has 2 aromatic carbocycles. The maximum absolute atomic E-state index is 12.8. The summed E-state index contributed by atoms with van der Waals surface area (Å²) >= 11 is 0. The largest absolute Gasteiger partial charge is 0.494 e. The van der Waals surface area contributed by atoms with Crippen LogP contribution in [-0.4, -0.2) is 38.2 Å². The lowest BCUT2D eigenvalue weighted by atomic mass is 10.1. The molecule has 7 nitrogen and oxygen atoms in total. The third kappa shape index (κ3) is 6.38. The van der Waals surface area contributed by atoms with Crippen LogP contribution in [0, 0.1) is 0 Å². The third-order valence-electron chi connectivity index (χ3n) is 5.15. The third-order valence-corrected chi connectivity index (χ3v) is 5.15. The molecule has 31 heavy (non-hydrogen) atoms. The Morgan fingerprint density at radius 3 is 2.58 bits per heavy atom. The molecular formula is C24H32N4O3. The van der Waals surface area contributed by atoms with Gasteiger partial charge < -0.3 is 25.6 Å². The topological polar surface area (TPSA) is 82.7 Å². The molecule has 0 spiro atoms. The lowest BCUT2D eigenvalue weighted by Crippen LogP contribution is -2.31. The Hall–Kier alpha value is -3.22. The molecule has 1 aliphatic rings. The standard InChI is InChI=1S/C24H32N4O3/c1-3-12-25-24(30)27-21-16-19(10-11-22(21)28-13-5-6-14-28)23(29)26-17-18-8-7-9-20(15-18)31-4-2/h7-11,15-16H,3-6,12-14,17H2,1-2H3,(H,26,29)(H2,25,27,30). The maximum Gasteiger partial charge on any atom is 0.319 e. The summed E-state index contributed by atoms with van der Waals surface area (Å²) in [7, 11) is 0. The highest BCUT2D eigenvalue weighted by Gasteiger charge is 2.19. The van der Waals surface area contributed by atoms with Crippen LogP contribution >= 0.6 is 0 Å². The fourth-order valence-electron chi connectivity index (χ4n) is 3.61. The lowest BCUT2D eigenvalue weighted by Gasteiger charge is -2.22. The maximum atomic E-state index is 12.8. The van der Waals surface area contributed by atoms with Crippen molar-refractivity contribution in [1.82, 2.24) is 10.6 Å². The Kier molecular flexibility index (Phi) is 8.15. The van der Waals surface area contributed by atoms with Crippen LogP contribution in [0.15, 0.2) is 42.5 Å². The van der Waals surface area contributed by atoms with Crippen LogP contribution in [0.1, 0.15) is 49.0 Å². The van der Waals surface area contributed by atoms with E-state index in [2.05, 4.69) is 20.9 Å². The van der Waals surface area contributed by atoms with Crippen LogP contribution in [0.4, 0.5) is 16.2 Å². The van der Waals surface area contributed by atoms with Crippen molar-refractivity contribution in [3.8, 4) is 5.75 Å². The molecule has 2 aromatic rings. The van der Waals surface area contributed by atoms with Crippen molar-refractivity contribution < 1.29 is 14.3 Å². The molecule has 0 aliphatic carbocycles. The quantitative estimate of drug-likeness (QED) is 0.565. The Bertz CT molecular complexity index is 894. The van der Waals surface area contributed by atoms with Gasteiger partial charge in [-0.3, -0.25) is 4.79 Å². The number of carbonyl (C=O) groups excluding carboxylic acids is 2. The first-order valence-corrected chi connectivity index (χ1v) is 11.0. The van der Waals surface area contributed by atoms with Gasteiger partial charge in [0.1, 0.15) is 5.75 Å². The van der Waals surface area contributed by atoms with Gasteiger partial charge in [-0.05, 0) is 62.1 Å². The van der Waals surface area contributed by atoms with Gasteiger partial charge in [0.2, 0.25) is 0 Å². The zero-order valence-corrected chi connectivity index (χ0v) is 18.4. The normalized spacial score (nSPS) is 13.0. The van der Waals surface area contributed by atoms with Gasteiger partial charge in [-0.25, -0.2) is 4.79 Å². The molecule has 0 radical (unpaired) electrons. The fraction of sp³-hybridized carbons (Fsp3) is 0.417. The summed E-state index contributed by atoms with van der Waals surface area (Å²) in [6.45, 7) is 7.44. The predicted octanol–water partition coefficient (Wildman–Crippen LogP) is 4.15. The summed E-state index contributed by atoms with van der Waals surface area (Å²) in [5, 5.41) is 8.71. The van der Waals surface area contributed by atoms with Crippen LogP contribution < -0.4 is 25.6 Å². The smallest absolute Gasteiger partial charge is 0.319 e. The molecule has 1 fully saturated rings. The van der Waals surface area contributed by atoms with Crippen molar-refractivity contribution in [1.29, 1.82) is 0 Å². The van der Waals surface area contributed by atoms with E-state index in [0.29, 0.717) is 30.9 Å². The van der Waals surface area contributed by atoms with Crippen molar-refractivity contribution in [2.45, 2.75) is 39.7 Å². The van der Waals surface area contributed by atoms with E-state index in [1.807, 2.05) is 50.2 Å². The number of nitrogens with one attached hydrogen (secondary N) is 3. The highest BCUT2D eigenvalue weighted by Crippen LogP contribution is 2.30. The summed E-state index contributed by atoms with van der Waals surface area (Å²) in [4.78, 5) is 27.3. The average molecular weight is 425 g/mol. The summed E-state index contributed by atoms with van der Waals surface area (Å²) < 4.78 is 5.52. The molecule has 0 atom stereocenters. The van der Waals surface area contributed by atoms with Crippen molar-refractivity contribution in [2.75, 3.05) is 36.5 Å². The van der Waals surface area contributed by atoms with Crippen LogP contribution in [0.2, 0.25) is 0 Å². The zero-order chi connectivity index (χ0) is 22.1. The second-order valence-electron chi connectivity index (χ2n) is 7.57. The first-order valence-electron chi connectivity index (χ1n) is 11.0. The second kappa shape index (κ2) is 11.2. The van der Waals surface area contributed by atoms with E-state index in [1.54, 1.807) is 6.07 Å². The van der Waals surface area contributed by atoms with Gasteiger partial charge >= 0.3 is 6.03 Å². The van der Waals surface area contributed by atoms with Gasteiger partial charge in [0, 0.05) is 31.7 Å². The minimum Gasteiger partial charge on any atom is -0.494 e. The SMILES string of the molecule is CCCNC(=O)Nc1cc(C(=O)NCc2cccc(OCC)c2)ccc1N1CCCC1. The molecule has 3 amide bonds. The highest BCUT2D eigenvalue weighted by molar-refractivity contribution is 5.99. The van der Waals surface area contributed by atoms with Crippen molar-refractivity contribution in [3.63, 3.8) is 0 Å². The van der Waals surface area contributed by atoms with Crippen LogP contribution in [0.5, 0.6) is 5.75 Å². The minimum atomic E-state index is -0.257. The van der Waals surface area contributed by atoms with Crippen LogP contribution in [-0.2, 0) is 6.54 Å². The van der Waals surface area contributed by atoms with Crippen LogP contribution in [0.25, 0.3) is 0 Å². The molecule has 1 heterocycles. The van der Waals surface area contributed by atoms with E-state index in [0.717, 1.165) is 49.4 Å². The highest BCUT2D eigenvalue weighted by atomic mass is 16.5. The summed E-state index contributed by atoms with van der Waals surface area (Å²) in [5.74, 6) is 0.598. The number of anilines is 2. The minimum absolute atomic E-state index is 0.188. The Morgan fingerprint density at radius 2 is 1.84 bits per heavy atom.